The molecule has 0 atom stereocenters. The van der Waals surface area contributed by atoms with E-state index in [4.69, 9.17) is 13.9 Å². The number of fused-ring (bicyclic) bond motifs is 1. The van der Waals surface area contributed by atoms with Crippen LogP contribution in [0.5, 0.6) is 11.6 Å². The molecule has 138 valence electrons. The summed E-state index contributed by atoms with van der Waals surface area (Å²) >= 11 is 0. The maximum Gasteiger partial charge on any atom is 0.242 e. The number of aryl methyl sites for hydroxylation is 2. The molecule has 8 heteroatoms. The molecule has 0 saturated heterocycles. The van der Waals surface area contributed by atoms with E-state index in [9.17, 15) is 0 Å². The van der Waals surface area contributed by atoms with E-state index in [2.05, 4.69) is 19.9 Å². The summed E-state index contributed by atoms with van der Waals surface area (Å²) in [4.78, 5) is 17.6. The Balaban J connectivity index is 1.69. The number of hydrogen-bond acceptors (Lipinski definition) is 7. The van der Waals surface area contributed by atoms with E-state index in [1.54, 1.807) is 19.5 Å². The molecule has 0 aliphatic heterocycles. The molecule has 0 aliphatic carbocycles. The third-order valence-electron chi connectivity index (χ3n) is 4.08. The lowest BCUT2D eigenvalue weighted by molar-refractivity contribution is 0.253. The zero-order valence-electron chi connectivity index (χ0n) is 15.3. The van der Waals surface area contributed by atoms with Crippen molar-refractivity contribution >= 4 is 11.0 Å². The first-order valence-electron chi connectivity index (χ1n) is 8.49. The third kappa shape index (κ3) is 3.46. The van der Waals surface area contributed by atoms with Gasteiger partial charge < -0.3 is 18.5 Å². The average Bonchev–Trinajstić information content (AvgIpc) is 3.26. The van der Waals surface area contributed by atoms with Gasteiger partial charge in [0.1, 0.15) is 28.5 Å². The Morgan fingerprint density at radius 3 is 2.81 bits per heavy atom. The summed E-state index contributed by atoms with van der Waals surface area (Å²) in [6.45, 7) is 4.38. The Bertz CT molecular complexity index is 1090. The molecular formula is C19H19N5O3. The number of rotatable bonds is 6. The zero-order chi connectivity index (χ0) is 18.8. The van der Waals surface area contributed by atoms with Crippen molar-refractivity contribution in [2.75, 3.05) is 7.11 Å². The monoisotopic (exact) mass is 365 g/mol. The van der Waals surface area contributed by atoms with Crippen molar-refractivity contribution in [1.82, 2.24) is 24.5 Å². The molecule has 8 nitrogen and oxygen atoms in total. The highest BCUT2D eigenvalue weighted by Crippen LogP contribution is 2.26. The van der Waals surface area contributed by atoms with Crippen molar-refractivity contribution in [2.24, 2.45) is 0 Å². The molecule has 0 bridgehead atoms. The number of aromatic nitrogens is 5. The van der Waals surface area contributed by atoms with Gasteiger partial charge in [0.05, 0.1) is 25.4 Å². The SMILES string of the molecule is COc1cccnc1Cn1ccc2nc(C)nc(OCc3ncc(C)o3)c21. The highest BCUT2D eigenvalue weighted by Gasteiger charge is 2.15. The van der Waals surface area contributed by atoms with Crippen LogP contribution in [0.1, 0.15) is 23.2 Å². The van der Waals surface area contributed by atoms with Crippen LogP contribution in [0, 0.1) is 13.8 Å². The average molecular weight is 365 g/mol. The van der Waals surface area contributed by atoms with Crippen molar-refractivity contribution < 1.29 is 13.9 Å². The van der Waals surface area contributed by atoms with E-state index in [1.807, 2.05) is 42.8 Å². The second-order valence-electron chi connectivity index (χ2n) is 6.06. The molecule has 27 heavy (non-hydrogen) atoms. The fourth-order valence-corrected chi connectivity index (χ4v) is 2.90. The van der Waals surface area contributed by atoms with Crippen LogP contribution in [0.2, 0.25) is 0 Å². The molecule has 4 aromatic heterocycles. The summed E-state index contributed by atoms with van der Waals surface area (Å²) in [5, 5.41) is 0. The van der Waals surface area contributed by atoms with Gasteiger partial charge in [-0.05, 0) is 32.0 Å². The standard InChI is InChI=1S/C19H19N5O3/c1-12-9-21-17(27-12)11-26-19-18-14(22-13(2)23-19)6-8-24(18)10-15-16(25-3)5-4-7-20-15/h4-9H,10-11H2,1-3H3. The Morgan fingerprint density at radius 2 is 2.04 bits per heavy atom. The van der Waals surface area contributed by atoms with Crippen LogP contribution in [0.25, 0.3) is 11.0 Å². The van der Waals surface area contributed by atoms with Gasteiger partial charge in [-0.1, -0.05) is 0 Å². The molecule has 0 aromatic carbocycles. The van der Waals surface area contributed by atoms with E-state index in [-0.39, 0.29) is 6.61 Å². The van der Waals surface area contributed by atoms with Gasteiger partial charge in [-0.25, -0.2) is 9.97 Å². The topological polar surface area (TPSA) is 88.1 Å². The predicted molar refractivity (Wildman–Crippen MR) is 97.7 cm³/mol. The number of ether oxygens (including phenoxy) is 2. The van der Waals surface area contributed by atoms with Crippen LogP contribution in [0.15, 0.2) is 41.2 Å². The van der Waals surface area contributed by atoms with Crippen molar-refractivity contribution in [2.45, 2.75) is 27.0 Å². The van der Waals surface area contributed by atoms with Crippen LogP contribution in [0.4, 0.5) is 0 Å². The fraction of sp³-hybridized carbons (Fsp3) is 0.263. The number of hydrogen-bond donors (Lipinski definition) is 0. The first-order chi connectivity index (χ1) is 13.1. The first-order valence-corrected chi connectivity index (χ1v) is 8.49. The van der Waals surface area contributed by atoms with Crippen LogP contribution in [0.3, 0.4) is 0 Å². The molecule has 0 fully saturated rings. The largest absolute Gasteiger partial charge is 0.495 e. The molecule has 0 aliphatic rings. The minimum Gasteiger partial charge on any atom is -0.495 e. The predicted octanol–water partition coefficient (Wildman–Crippen LogP) is 3.07. The molecule has 4 heterocycles. The van der Waals surface area contributed by atoms with E-state index in [0.717, 1.165) is 28.2 Å². The van der Waals surface area contributed by atoms with Crippen LogP contribution < -0.4 is 9.47 Å². The maximum atomic E-state index is 5.91. The molecule has 0 saturated carbocycles. The fourth-order valence-electron chi connectivity index (χ4n) is 2.90. The molecule has 4 rings (SSSR count). The lowest BCUT2D eigenvalue weighted by atomic mass is 10.3. The van der Waals surface area contributed by atoms with Crippen LogP contribution in [-0.4, -0.2) is 31.6 Å². The minimum atomic E-state index is 0.192. The second kappa shape index (κ2) is 7.06. The van der Waals surface area contributed by atoms with Gasteiger partial charge in [-0.15, -0.1) is 0 Å². The molecule has 4 aromatic rings. The molecule has 0 amide bonds. The Labute approximate surface area is 155 Å². The highest BCUT2D eigenvalue weighted by atomic mass is 16.5. The molecule has 0 unspecified atom stereocenters. The summed E-state index contributed by atoms with van der Waals surface area (Å²) < 4.78 is 18.8. The van der Waals surface area contributed by atoms with Crippen LogP contribution in [-0.2, 0) is 13.2 Å². The summed E-state index contributed by atoms with van der Waals surface area (Å²) in [6.07, 6.45) is 5.34. The van der Waals surface area contributed by atoms with Crippen molar-refractivity contribution in [3.05, 3.63) is 60.0 Å². The molecule has 0 spiro atoms. The van der Waals surface area contributed by atoms with Crippen molar-refractivity contribution in [3.8, 4) is 11.6 Å². The van der Waals surface area contributed by atoms with Gasteiger partial charge in [-0.3, -0.25) is 4.98 Å². The van der Waals surface area contributed by atoms with E-state index in [1.165, 1.54) is 0 Å². The first kappa shape index (κ1) is 17.0. The number of methoxy groups -OCH3 is 1. The number of pyridine rings is 1. The summed E-state index contributed by atoms with van der Waals surface area (Å²) in [5.74, 6) is 3.08. The Kier molecular flexibility index (Phi) is 4.45. The Hall–Kier alpha value is -3.42. The van der Waals surface area contributed by atoms with E-state index >= 15 is 0 Å². The lowest BCUT2D eigenvalue weighted by Gasteiger charge is -2.11. The van der Waals surface area contributed by atoms with Gasteiger partial charge in [0.15, 0.2) is 6.61 Å². The van der Waals surface area contributed by atoms with Crippen LogP contribution >= 0.6 is 0 Å². The molecular weight excluding hydrogens is 346 g/mol. The van der Waals surface area contributed by atoms with Gasteiger partial charge in [0, 0.05) is 12.4 Å². The normalized spacial score (nSPS) is 11.1. The molecule has 0 N–H and O–H groups in total. The summed E-state index contributed by atoms with van der Waals surface area (Å²) in [7, 11) is 1.63. The molecule has 0 radical (unpaired) electrons. The lowest BCUT2D eigenvalue weighted by Crippen LogP contribution is -2.06. The number of nitrogens with zero attached hydrogens (tertiary/aromatic N) is 5. The van der Waals surface area contributed by atoms with Gasteiger partial charge >= 0.3 is 0 Å². The minimum absolute atomic E-state index is 0.192. The summed E-state index contributed by atoms with van der Waals surface area (Å²) in [6, 6.07) is 5.66. The van der Waals surface area contributed by atoms with Gasteiger partial charge in [0.25, 0.3) is 0 Å². The van der Waals surface area contributed by atoms with Gasteiger partial charge in [-0.2, -0.15) is 4.98 Å². The summed E-state index contributed by atoms with van der Waals surface area (Å²) in [5.41, 5.74) is 2.40. The third-order valence-corrected chi connectivity index (χ3v) is 4.08. The maximum absolute atomic E-state index is 5.91. The number of oxazole rings is 1. The van der Waals surface area contributed by atoms with Crippen molar-refractivity contribution in [3.63, 3.8) is 0 Å². The smallest absolute Gasteiger partial charge is 0.242 e. The quantitative estimate of drug-likeness (QED) is 0.519. The van der Waals surface area contributed by atoms with Crippen molar-refractivity contribution in [1.29, 1.82) is 0 Å². The van der Waals surface area contributed by atoms with E-state index < -0.39 is 0 Å². The zero-order valence-corrected chi connectivity index (χ0v) is 15.3. The van der Waals surface area contributed by atoms with Gasteiger partial charge in [0.2, 0.25) is 11.8 Å². The second-order valence-corrected chi connectivity index (χ2v) is 6.06. The Morgan fingerprint density at radius 1 is 1.15 bits per heavy atom. The van der Waals surface area contributed by atoms with E-state index in [0.29, 0.717) is 24.1 Å². The highest BCUT2D eigenvalue weighted by molar-refractivity contribution is 5.80.